The summed E-state index contributed by atoms with van der Waals surface area (Å²) >= 11 is 3.29. The Morgan fingerprint density at radius 2 is 2.31 bits per heavy atom. The van der Waals surface area contributed by atoms with E-state index in [4.69, 9.17) is 4.74 Å². The van der Waals surface area contributed by atoms with E-state index in [-0.39, 0.29) is 11.8 Å². The van der Waals surface area contributed by atoms with Gasteiger partial charge < -0.3 is 4.74 Å². The first kappa shape index (κ1) is 10.1. The standard InChI is InChI=1S/C8H9BrN2O2/c1-6(12)13-8-5-10-7(2-3-9)4-11-8/h4-5H,2-3H2,1H3. The zero-order valence-electron chi connectivity index (χ0n) is 7.16. The van der Waals surface area contributed by atoms with Crippen LogP contribution in [0.5, 0.6) is 5.88 Å². The Morgan fingerprint density at radius 1 is 1.54 bits per heavy atom. The Balaban J connectivity index is 2.64. The fourth-order valence-electron chi connectivity index (χ4n) is 0.769. The number of nitrogens with zero attached hydrogens (tertiary/aromatic N) is 2. The number of aromatic nitrogens is 2. The van der Waals surface area contributed by atoms with Crippen molar-refractivity contribution >= 4 is 21.9 Å². The average Bonchev–Trinajstić information content (AvgIpc) is 2.08. The predicted molar refractivity (Wildman–Crippen MR) is 50.8 cm³/mol. The van der Waals surface area contributed by atoms with Gasteiger partial charge in [0.15, 0.2) is 0 Å². The Hall–Kier alpha value is -0.970. The van der Waals surface area contributed by atoms with E-state index in [0.717, 1.165) is 17.4 Å². The lowest BCUT2D eigenvalue weighted by Gasteiger charge is -1.99. The second kappa shape index (κ2) is 4.91. The maximum atomic E-state index is 10.5. The summed E-state index contributed by atoms with van der Waals surface area (Å²) in [6.45, 7) is 1.33. The van der Waals surface area contributed by atoms with Crippen LogP contribution in [0, 0.1) is 0 Å². The number of halogens is 1. The zero-order chi connectivity index (χ0) is 9.68. The summed E-state index contributed by atoms with van der Waals surface area (Å²) in [5.74, 6) is -0.145. The van der Waals surface area contributed by atoms with E-state index >= 15 is 0 Å². The third-order valence-corrected chi connectivity index (χ3v) is 1.68. The highest BCUT2D eigenvalue weighted by Gasteiger charge is 2.00. The summed E-state index contributed by atoms with van der Waals surface area (Å²) in [6, 6.07) is 0. The van der Waals surface area contributed by atoms with E-state index in [1.165, 1.54) is 13.1 Å². The Kier molecular flexibility index (Phi) is 3.82. The smallest absolute Gasteiger partial charge is 0.309 e. The first-order chi connectivity index (χ1) is 6.22. The molecule has 1 aromatic rings. The van der Waals surface area contributed by atoms with Gasteiger partial charge in [-0.05, 0) is 0 Å². The zero-order valence-corrected chi connectivity index (χ0v) is 8.74. The van der Waals surface area contributed by atoms with Crippen LogP contribution in [-0.2, 0) is 11.2 Å². The molecule has 0 saturated heterocycles. The third-order valence-electron chi connectivity index (χ3n) is 1.28. The maximum Gasteiger partial charge on any atom is 0.309 e. The summed E-state index contributed by atoms with van der Waals surface area (Å²) < 4.78 is 4.72. The van der Waals surface area contributed by atoms with Gasteiger partial charge in [0.25, 0.3) is 0 Å². The molecule has 1 aromatic heterocycles. The lowest BCUT2D eigenvalue weighted by Crippen LogP contribution is -2.04. The molecule has 0 aromatic carbocycles. The summed E-state index contributed by atoms with van der Waals surface area (Å²) in [4.78, 5) is 18.5. The van der Waals surface area contributed by atoms with Gasteiger partial charge in [-0.15, -0.1) is 0 Å². The van der Waals surface area contributed by atoms with Gasteiger partial charge in [-0.2, -0.15) is 0 Å². The molecule has 0 fully saturated rings. The first-order valence-corrected chi connectivity index (χ1v) is 4.90. The number of esters is 1. The first-order valence-electron chi connectivity index (χ1n) is 3.77. The highest BCUT2D eigenvalue weighted by atomic mass is 79.9. The van der Waals surface area contributed by atoms with E-state index < -0.39 is 0 Å². The molecule has 0 saturated carbocycles. The van der Waals surface area contributed by atoms with Crippen LogP contribution >= 0.6 is 15.9 Å². The predicted octanol–water partition coefficient (Wildman–Crippen LogP) is 1.34. The van der Waals surface area contributed by atoms with Crippen LogP contribution in [-0.4, -0.2) is 21.3 Å². The number of carbonyl (C=O) groups excluding carboxylic acids is 1. The van der Waals surface area contributed by atoms with Crippen LogP contribution in [0.3, 0.4) is 0 Å². The van der Waals surface area contributed by atoms with Crippen molar-refractivity contribution < 1.29 is 9.53 Å². The molecule has 0 aliphatic heterocycles. The van der Waals surface area contributed by atoms with Crippen molar-refractivity contribution in [2.75, 3.05) is 5.33 Å². The molecule has 13 heavy (non-hydrogen) atoms. The van der Waals surface area contributed by atoms with Crippen LogP contribution in [0.1, 0.15) is 12.6 Å². The quantitative estimate of drug-likeness (QED) is 0.595. The molecule has 1 rings (SSSR count). The van der Waals surface area contributed by atoms with Crippen LogP contribution in [0.15, 0.2) is 12.4 Å². The Bertz CT molecular complexity index is 287. The molecule has 0 radical (unpaired) electrons. The molecular weight excluding hydrogens is 236 g/mol. The fraction of sp³-hybridized carbons (Fsp3) is 0.375. The molecule has 4 nitrogen and oxygen atoms in total. The van der Waals surface area contributed by atoms with E-state index in [0.29, 0.717) is 0 Å². The van der Waals surface area contributed by atoms with Crippen molar-refractivity contribution in [3.8, 4) is 5.88 Å². The summed E-state index contributed by atoms with van der Waals surface area (Å²) in [6.07, 6.45) is 3.85. The van der Waals surface area contributed by atoms with Gasteiger partial charge in [-0.25, -0.2) is 4.98 Å². The number of aryl methyl sites for hydroxylation is 1. The lowest BCUT2D eigenvalue weighted by atomic mass is 10.4. The summed E-state index contributed by atoms with van der Waals surface area (Å²) in [5, 5.41) is 0.842. The molecule has 0 N–H and O–H groups in total. The van der Waals surface area contributed by atoms with Gasteiger partial charge in [0.1, 0.15) is 0 Å². The lowest BCUT2D eigenvalue weighted by molar-refractivity contribution is -0.132. The maximum absolute atomic E-state index is 10.5. The van der Waals surface area contributed by atoms with Gasteiger partial charge in [0, 0.05) is 18.7 Å². The van der Waals surface area contributed by atoms with Crippen molar-refractivity contribution in [1.82, 2.24) is 9.97 Å². The van der Waals surface area contributed by atoms with Gasteiger partial charge in [0.05, 0.1) is 18.1 Å². The normalized spacial score (nSPS) is 9.69. The average molecular weight is 245 g/mol. The molecule has 0 spiro atoms. The fourth-order valence-corrected chi connectivity index (χ4v) is 1.18. The van der Waals surface area contributed by atoms with E-state index in [9.17, 15) is 4.79 Å². The topological polar surface area (TPSA) is 52.1 Å². The largest absolute Gasteiger partial charge is 0.406 e. The number of carbonyl (C=O) groups is 1. The third kappa shape index (κ3) is 3.50. The molecule has 0 aliphatic rings. The van der Waals surface area contributed by atoms with Crippen molar-refractivity contribution in [3.63, 3.8) is 0 Å². The molecule has 0 atom stereocenters. The molecule has 1 heterocycles. The van der Waals surface area contributed by atoms with Crippen LogP contribution in [0.25, 0.3) is 0 Å². The van der Waals surface area contributed by atoms with E-state index in [1.807, 2.05) is 0 Å². The Labute approximate surface area is 84.5 Å². The minimum Gasteiger partial charge on any atom is -0.406 e. The van der Waals surface area contributed by atoms with Crippen molar-refractivity contribution in [3.05, 3.63) is 18.1 Å². The monoisotopic (exact) mass is 244 g/mol. The van der Waals surface area contributed by atoms with Gasteiger partial charge in [0.2, 0.25) is 5.88 Å². The van der Waals surface area contributed by atoms with Crippen LogP contribution < -0.4 is 4.74 Å². The Morgan fingerprint density at radius 3 is 2.77 bits per heavy atom. The number of hydrogen-bond acceptors (Lipinski definition) is 4. The minimum absolute atomic E-state index is 0.242. The van der Waals surface area contributed by atoms with E-state index in [2.05, 4.69) is 25.9 Å². The van der Waals surface area contributed by atoms with Crippen molar-refractivity contribution in [2.24, 2.45) is 0 Å². The summed E-state index contributed by atoms with van der Waals surface area (Å²) in [7, 11) is 0. The van der Waals surface area contributed by atoms with Gasteiger partial charge in [-0.1, -0.05) is 15.9 Å². The molecule has 70 valence electrons. The molecule has 5 heteroatoms. The molecule has 0 amide bonds. The molecule has 0 bridgehead atoms. The van der Waals surface area contributed by atoms with Crippen molar-refractivity contribution in [1.29, 1.82) is 0 Å². The molecular formula is C8H9BrN2O2. The van der Waals surface area contributed by atoms with Gasteiger partial charge >= 0.3 is 5.97 Å². The number of ether oxygens (including phenoxy) is 1. The van der Waals surface area contributed by atoms with Crippen molar-refractivity contribution in [2.45, 2.75) is 13.3 Å². The SMILES string of the molecule is CC(=O)Oc1cnc(CCBr)cn1. The van der Waals surface area contributed by atoms with Crippen LogP contribution in [0.2, 0.25) is 0 Å². The van der Waals surface area contributed by atoms with Gasteiger partial charge in [-0.3, -0.25) is 9.78 Å². The number of rotatable bonds is 3. The number of alkyl halides is 1. The minimum atomic E-state index is -0.387. The number of hydrogen-bond donors (Lipinski definition) is 0. The summed E-state index contributed by atoms with van der Waals surface area (Å²) in [5.41, 5.74) is 0.868. The van der Waals surface area contributed by atoms with E-state index in [1.54, 1.807) is 6.20 Å². The van der Waals surface area contributed by atoms with Crippen LogP contribution in [0.4, 0.5) is 0 Å². The second-order valence-corrected chi connectivity index (χ2v) is 3.17. The highest BCUT2D eigenvalue weighted by Crippen LogP contribution is 2.05. The molecule has 0 aliphatic carbocycles. The second-order valence-electron chi connectivity index (χ2n) is 2.38. The molecule has 0 unspecified atom stereocenters. The highest BCUT2D eigenvalue weighted by molar-refractivity contribution is 9.09.